The molecule has 0 bridgehead atoms. The second kappa shape index (κ2) is 4.77. The van der Waals surface area contributed by atoms with Crippen LogP contribution in [-0.4, -0.2) is 28.9 Å². The first-order valence-electron chi connectivity index (χ1n) is 4.82. The van der Waals surface area contributed by atoms with Crippen molar-refractivity contribution in [1.29, 1.82) is 0 Å². The maximum absolute atomic E-state index is 11.4. The molecule has 0 heterocycles. The Kier molecular flexibility index (Phi) is 3.65. The molecular weight excluding hydrogens is 200 g/mol. The number of hydrogen-bond acceptors (Lipinski definition) is 3. The standard InChI is InChI=1S/C9H14N2O4/c10-7(12)4-6(9(14)15)11-8(13)5-2-1-3-5/h5-6H,1-4H2,(H2,10,12)(H,11,13)(H,14,15). The molecule has 1 aliphatic rings. The molecule has 0 aromatic heterocycles. The summed E-state index contributed by atoms with van der Waals surface area (Å²) in [4.78, 5) is 32.6. The Morgan fingerprint density at radius 1 is 1.40 bits per heavy atom. The summed E-state index contributed by atoms with van der Waals surface area (Å²) in [5.41, 5.74) is 4.88. The normalized spacial score (nSPS) is 17.6. The molecule has 15 heavy (non-hydrogen) atoms. The summed E-state index contributed by atoms with van der Waals surface area (Å²) in [6, 6.07) is -1.20. The van der Waals surface area contributed by atoms with Gasteiger partial charge in [0.25, 0.3) is 0 Å². The van der Waals surface area contributed by atoms with Crippen LogP contribution in [0.4, 0.5) is 0 Å². The van der Waals surface area contributed by atoms with E-state index >= 15 is 0 Å². The van der Waals surface area contributed by atoms with Gasteiger partial charge in [-0.2, -0.15) is 0 Å². The third-order valence-corrected chi connectivity index (χ3v) is 2.50. The van der Waals surface area contributed by atoms with E-state index in [0.717, 1.165) is 19.3 Å². The number of amides is 2. The van der Waals surface area contributed by atoms with E-state index in [4.69, 9.17) is 10.8 Å². The van der Waals surface area contributed by atoms with Crippen LogP contribution in [0.3, 0.4) is 0 Å². The van der Waals surface area contributed by atoms with E-state index < -0.39 is 17.9 Å². The maximum Gasteiger partial charge on any atom is 0.326 e. The molecule has 6 heteroatoms. The molecule has 1 fully saturated rings. The number of carboxylic acid groups (broad SMARTS) is 1. The molecule has 1 atom stereocenters. The SMILES string of the molecule is NC(=O)CC(NC(=O)C1CCC1)C(=O)O. The highest BCUT2D eigenvalue weighted by molar-refractivity contribution is 5.89. The monoisotopic (exact) mass is 214 g/mol. The fourth-order valence-corrected chi connectivity index (χ4v) is 1.36. The summed E-state index contributed by atoms with van der Waals surface area (Å²) in [6.07, 6.45) is 2.20. The van der Waals surface area contributed by atoms with Gasteiger partial charge < -0.3 is 16.2 Å². The number of primary amides is 1. The molecular formula is C9H14N2O4. The van der Waals surface area contributed by atoms with Crippen LogP contribution in [-0.2, 0) is 14.4 Å². The van der Waals surface area contributed by atoms with Crippen molar-refractivity contribution >= 4 is 17.8 Å². The minimum absolute atomic E-state index is 0.0975. The van der Waals surface area contributed by atoms with Gasteiger partial charge >= 0.3 is 5.97 Å². The molecule has 0 spiro atoms. The number of hydrogen-bond donors (Lipinski definition) is 3. The summed E-state index contributed by atoms with van der Waals surface area (Å²) >= 11 is 0. The fourth-order valence-electron chi connectivity index (χ4n) is 1.36. The molecule has 0 radical (unpaired) electrons. The summed E-state index contributed by atoms with van der Waals surface area (Å²) in [6.45, 7) is 0. The van der Waals surface area contributed by atoms with Gasteiger partial charge in [0, 0.05) is 5.92 Å². The first-order valence-corrected chi connectivity index (χ1v) is 4.82. The second-order valence-electron chi connectivity index (χ2n) is 3.70. The average molecular weight is 214 g/mol. The second-order valence-corrected chi connectivity index (χ2v) is 3.70. The highest BCUT2D eigenvalue weighted by Gasteiger charge is 2.29. The van der Waals surface area contributed by atoms with Gasteiger partial charge in [0.2, 0.25) is 11.8 Å². The van der Waals surface area contributed by atoms with E-state index in [0.29, 0.717) is 0 Å². The zero-order valence-electron chi connectivity index (χ0n) is 8.23. The number of carbonyl (C=O) groups excluding carboxylic acids is 2. The predicted octanol–water partition coefficient (Wildman–Crippen LogP) is -0.769. The van der Waals surface area contributed by atoms with Crippen LogP contribution >= 0.6 is 0 Å². The van der Waals surface area contributed by atoms with Crippen LogP contribution in [0.1, 0.15) is 25.7 Å². The summed E-state index contributed by atoms with van der Waals surface area (Å²) < 4.78 is 0. The van der Waals surface area contributed by atoms with Crippen molar-refractivity contribution in [2.24, 2.45) is 11.7 Å². The van der Waals surface area contributed by atoms with Gasteiger partial charge in [0.1, 0.15) is 6.04 Å². The van der Waals surface area contributed by atoms with Crippen molar-refractivity contribution in [1.82, 2.24) is 5.32 Å². The lowest BCUT2D eigenvalue weighted by Gasteiger charge is -2.25. The van der Waals surface area contributed by atoms with E-state index in [1.165, 1.54) is 0 Å². The zero-order valence-corrected chi connectivity index (χ0v) is 8.23. The van der Waals surface area contributed by atoms with Crippen LogP contribution in [0.15, 0.2) is 0 Å². The molecule has 1 aliphatic carbocycles. The molecule has 1 saturated carbocycles. The third-order valence-electron chi connectivity index (χ3n) is 2.50. The van der Waals surface area contributed by atoms with Crippen LogP contribution in [0.25, 0.3) is 0 Å². The smallest absolute Gasteiger partial charge is 0.326 e. The summed E-state index contributed by atoms with van der Waals surface area (Å²) in [5, 5.41) is 11.0. The van der Waals surface area contributed by atoms with Crippen molar-refractivity contribution in [3.63, 3.8) is 0 Å². The highest BCUT2D eigenvalue weighted by atomic mass is 16.4. The van der Waals surface area contributed by atoms with Gasteiger partial charge in [-0.1, -0.05) is 6.42 Å². The zero-order chi connectivity index (χ0) is 11.4. The Hall–Kier alpha value is -1.59. The molecule has 0 aromatic carbocycles. The number of nitrogens with one attached hydrogen (secondary N) is 1. The number of rotatable bonds is 5. The largest absolute Gasteiger partial charge is 0.480 e. The Labute approximate surface area is 86.8 Å². The van der Waals surface area contributed by atoms with E-state index in [9.17, 15) is 14.4 Å². The van der Waals surface area contributed by atoms with E-state index in [2.05, 4.69) is 5.32 Å². The van der Waals surface area contributed by atoms with Crippen molar-refractivity contribution < 1.29 is 19.5 Å². The third kappa shape index (κ3) is 3.23. The average Bonchev–Trinajstić information content (AvgIpc) is 1.98. The predicted molar refractivity (Wildman–Crippen MR) is 50.7 cm³/mol. The molecule has 2 amide bonds. The van der Waals surface area contributed by atoms with Crippen molar-refractivity contribution in [2.45, 2.75) is 31.7 Å². The van der Waals surface area contributed by atoms with Crippen LogP contribution in [0.5, 0.6) is 0 Å². The Balaban J connectivity index is 2.46. The Morgan fingerprint density at radius 3 is 2.33 bits per heavy atom. The Morgan fingerprint density at radius 2 is 2.00 bits per heavy atom. The molecule has 6 nitrogen and oxygen atoms in total. The number of carboxylic acids is 1. The first kappa shape index (κ1) is 11.5. The van der Waals surface area contributed by atoms with Crippen molar-refractivity contribution in [2.75, 3.05) is 0 Å². The molecule has 84 valence electrons. The summed E-state index contributed by atoms with van der Waals surface area (Å²) in [7, 11) is 0. The minimum Gasteiger partial charge on any atom is -0.480 e. The van der Waals surface area contributed by atoms with E-state index in [1.807, 2.05) is 0 Å². The highest BCUT2D eigenvalue weighted by Crippen LogP contribution is 2.26. The van der Waals surface area contributed by atoms with Crippen molar-refractivity contribution in [3.8, 4) is 0 Å². The van der Waals surface area contributed by atoms with E-state index in [-0.39, 0.29) is 18.2 Å². The maximum atomic E-state index is 11.4. The molecule has 4 N–H and O–H groups in total. The molecule has 0 aliphatic heterocycles. The van der Waals surface area contributed by atoms with Crippen LogP contribution in [0, 0.1) is 5.92 Å². The molecule has 0 aromatic rings. The van der Waals surface area contributed by atoms with Crippen molar-refractivity contribution in [3.05, 3.63) is 0 Å². The number of aliphatic carboxylic acids is 1. The lowest BCUT2D eigenvalue weighted by molar-refractivity contribution is -0.144. The molecule has 1 rings (SSSR count). The molecule has 0 saturated heterocycles. The summed E-state index contributed by atoms with van der Waals surface area (Å²) in [5.74, 6) is -2.37. The number of carbonyl (C=O) groups is 3. The van der Waals surface area contributed by atoms with E-state index in [1.54, 1.807) is 0 Å². The molecule has 1 unspecified atom stereocenters. The van der Waals surface area contributed by atoms with Gasteiger partial charge in [-0.15, -0.1) is 0 Å². The number of nitrogens with two attached hydrogens (primary N) is 1. The van der Waals surface area contributed by atoms with Gasteiger partial charge in [-0.3, -0.25) is 9.59 Å². The lowest BCUT2D eigenvalue weighted by Crippen LogP contribution is -2.46. The van der Waals surface area contributed by atoms with Gasteiger partial charge in [-0.05, 0) is 12.8 Å². The van der Waals surface area contributed by atoms with Crippen LogP contribution in [0.2, 0.25) is 0 Å². The minimum atomic E-state index is -1.23. The van der Waals surface area contributed by atoms with Gasteiger partial charge in [0.15, 0.2) is 0 Å². The Bertz CT molecular complexity index is 286. The van der Waals surface area contributed by atoms with Gasteiger partial charge in [0.05, 0.1) is 6.42 Å². The lowest BCUT2D eigenvalue weighted by atomic mass is 9.84. The quantitative estimate of drug-likeness (QED) is 0.558. The topological polar surface area (TPSA) is 109 Å². The van der Waals surface area contributed by atoms with Gasteiger partial charge in [-0.25, -0.2) is 4.79 Å². The van der Waals surface area contributed by atoms with Crippen LogP contribution < -0.4 is 11.1 Å². The first-order chi connectivity index (χ1) is 7.00. The fraction of sp³-hybridized carbons (Fsp3) is 0.667.